The average molecular weight is 372 g/mol. The summed E-state index contributed by atoms with van der Waals surface area (Å²) in [5.41, 5.74) is 0.384. The summed E-state index contributed by atoms with van der Waals surface area (Å²) >= 11 is 0. The van der Waals surface area contributed by atoms with Gasteiger partial charge < -0.3 is 19.5 Å². The van der Waals surface area contributed by atoms with Gasteiger partial charge in [-0.15, -0.1) is 0 Å². The molecule has 2 aromatic rings. The molecule has 9 nitrogen and oxygen atoms in total. The van der Waals surface area contributed by atoms with Gasteiger partial charge in [-0.1, -0.05) is 0 Å². The molecular formula is C18H16N2O7. The monoisotopic (exact) mass is 372 g/mol. The first-order chi connectivity index (χ1) is 12.9. The number of nitro benzene ring substituents is 1. The summed E-state index contributed by atoms with van der Waals surface area (Å²) < 4.78 is 14.7. The fraction of sp³-hybridized carbons (Fsp3) is 0.111. The Morgan fingerprint density at radius 3 is 2.00 bits per heavy atom. The maximum atomic E-state index is 11.7. The van der Waals surface area contributed by atoms with Crippen LogP contribution in [0.25, 0.3) is 0 Å². The summed E-state index contributed by atoms with van der Waals surface area (Å²) in [6.07, 6.45) is 0.979. The molecule has 0 radical (unpaired) electrons. The molecule has 0 fully saturated rings. The van der Waals surface area contributed by atoms with Gasteiger partial charge in [0.2, 0.25) is 0 Å². The minimum Gasteiger partial charge on any atom is -0.466 e. The van der Waals surface area contributed by atoms with E-state index in [9.17, 15) is 19.7 Å². The molecule has 0 spiro atoms. The van der Waals surface area contributed by atoms with Crippen molar-refractivity contribution in [1.82, 2.24) is 0 Å². The lowest BCUT2D eigenvalue weighted by molar-refractivity contribution is -0.384. The maximum absolute atomic E-state index is 11.7. The van der Waals surface area contributed by atoms with E-state index in [1.54, 1.807) is 24.3 Å². The van der Waals surface area contributed by atoms with Gasteiger partial charge in [0.15, 0.2) is 0 Å². The second-order valence-corrected chi connectivity index (χ2v) is 5.08. The lowest BCUT2D eigenvalue weighted by atomic mass is 10.2. The Labute approximate surface area is 154 Å². The lowest BCUT2D eigenvalue weighted by Gasteiger charge is -2.10. The van der Waals surface area contributed by atoms with Gasteiger partial charge in [-0.25, -0.2) is 9.59 Å². The van der Waals surface area contributed by atoms with E-state index in [4.69, 9.17) is 4.74 Å². The normalized spacial score (nSPS) is 10.7. The molecule has 140 valence electrons. The highest BCUT2D eigenvalue weighted by Gasteiger charge is 2.13. The Hall–Kier alpha value is -3.88. The van der Waals surface area contributed by atoms with Crippen LogP contribution >= 0.6 is 0 Å². The Bertz CT molecular complexity index is 858. The first kappa shape index (κ1) is 19.4. The van der Waals surface area contributed by atoms with Crippen molar-refractivity contribution in [3.63, 3.8) is 0 Å². The standard InChI is InChI=1S/C18H16N2O7/c1-25-17(21)11-16(18(22)26-2)19-12-3-7-14(8-4-12)27-15-9-5-13(6-10-15)20(23)24/h3-11,19H,1-2H3/b16-11+. The van der Waals surface area contributed by atoms with Gasteiger partial charge in [-0.05, 0) is 36.4 Å². The minimum absolute atomic E-state index is 0.0327. The fourth-order valence-corrected chi connectivity index (χ4v) is 1.97. The number of rotatable bonds is 7. The highest BCUT2D eigenvalue weighted by atomic mass is 16.6. The van der Waals surface area contributed by atoms with Crippen molar-refractivity contribution in [3.8, 4) is 11.5 Å². The van der Waals surface area contributed by atoms with Crippen LogP contribution in [0.15, 0.2) is 60.3 Å². The number of nitro groups is 1. The molecule has 0 bridgehead atoms. The molecule has 0 aliphatic heterocycles. The topological polar surface area (TPSA) is 117 Å². The van der Waals surface area contributed by atoms with Gasteiger partial charge in [0.25, 0.3) is 5.69 Å². The smallest absolute Gasteiger partial charge is 0.354 e. The van der Waals surface area contributed by atoms with Crippen molar-refractivity contribution < 1.29 is 28.7 Å². The van der Waals surface area contributed by atoms with E-state index in [2.05, 4.69) is 14.8 Å². The molecule has 0 amide bonds. The number of esters is 2. The summed E-state index contributed by atoms with van der Waals surface area (Å²) in [6.45, 7) is 0. The molecule has 0 aliphatic rings. The molecule has 1 N–H and O–H groups in total. The predicted octanol–water partition coefficient (Wildman–Crippen LogP) is 3.03. The lowest BCUT2D eigenvalue weighted by Crippen LogP contribution is -2.15. The summed E-state index contributed by atoms with van der Waals surface area (Å²) in [5.74, 6) is -0.527. The second-order valence-electron chi connectivity index (χ2n) is 5.08. The van der Waals surface area contributed by atoms with E-state index < -0.39 is 16.9 Å². The summed E-state index contributed by atoms with van der Waals surface area (Å²) in [7, 11) is 2.38. The summed E-state index contributed by atoms with van der Waals surface area (Å²) in [5, 5.41) is 13.4. The third-order valence-corrected chi connectivity index (χ3v) is 3.29. The zero-order valence-corrected chi connectivity index (χ0v) is 14.5. The van der Waals surface area contributed by atoms with Crippen LogP contribution in [0.1, 0.15) is 0 Å². The highest BCUT2D eigenvalue weighted by Crippen LogP contribution is 2.25. The van der Waals surface area contributed by atoms with Crippen molar-refractivity contribution in [2.24, 2.45) is 0 Å². The van der Waals surface area contributed by atoms with Crippen LogP contribution in [0, 0.1) is 10.1 Å². The average Bonchev–Trinajstić information content (AvgIpc) is 2.68. The van der Waals surface area contributed by atoms with Crippen LogP contribution in [0.3, 0.4) is 0 Å². The van der Waals surface area contributed by atoms with E-state index in [1.807, 2.05) is 0 Å². The summed E-state index contributed by atoms with van der Waals surface area (Å²) in [6, 6.07) is 12.1. The zero-order valence-electron chi connectivity index (χ0n) is 14.5. The first-order valence-corrected chi connectivity index (χ1v) is 7.60. The largest absolute Gasteiger partial charge is 0.466 e. The molecule has 9 heteroatoms. The van der Waals surface area contributed by atoms with E-state index in [-0.39, 0.29) is 11.4 Å². The van der Waals surface area contributed by atoms with Crippen LogP contribution in [0.5, 0.6) is 11.5 Å². The molecule has 2 aromatic carbocycles. The van der Waals surface area contributed by atoms with Crippen molar-refractivity contribution in [2.45, 2.75) is 0 Å². The van der Waals surface area contributed by atoms with Crippen molar-refractivity contribution in [2.75, 3.05) is 19.5 Å². The van der Waals surface area contributed by atoms with Crippen LogP contribution in [0.2, 0.25) is 0 Å². The molecule has 0 aromatic heterocycles. The highest BCUT2D eigenvalue weighted by molar-refractivity contribution is 5.98. The predicted molar refractivity (Wildman–Crippen MR) is 95.4 cm³/mol. The van der Waals surface area contributed by atoms with Gasteiger partial charge in [0.1, 0.15) is 17.2 Å². The number of nitrogens with one attached hydrogen (secondary N) is 1. The maximum Gasteiger partial charge on any atom is 0.354 e. The number of benzene rings is 2. The van der Waals surface area contributed by atoms with E-state index in [0.29, 0.717) is 17.2 Å². The number of methoxy groups -OCH3 is 2. The molecule has 0 aliphatic carbocycles. The molecule has 27 heavy (non-hydrogen) atoms. The van der Waals surface area contributed by atoms with Crippen LogP contribution in [-0.2, 0) is 19.1 Å². The third-order valence-electron chi connectivity index (χ3n) is 3.29. The SMILES string of the molecule is COC(=O)/C=C(/Nc1ccc(Oc2ccc([N+](=O)[O-])cc2)cc1)C(=O)OC. The quantitative estimate of drug-likeness (QED) is 0.341. The second kappa shape index (κ2) is 8.99. The van der Waals surface area contributed by atoms with Crippen LogP contribution in [0.4, 0.5) is 11.4 Å². The zero-order chi connectivity index (χ0) is 19.8. The van der Waals surface area contributed by atoms with Gasteiger partial charge in [0.05, 0.1) is 25.2 Å². The Morgan fingerprint density at radius 2 is 1.52 bits per heavy atom. The first-order valence-electron chi connectivity index (χ1n) is 7.60. The van der Waals surface area contributed by atoms with Crippen LogP contribution < -0.4 is 10.1 Å². The molecule has 0 saturated carbocycles. The Kier molecular flexibility index (Phi) is 6.48. The van der Waals surface area contributed by atoms with Gasteiger partial charge in [0, 0.05) is 17.8 Å². The van der Waals surface area contributed by atoms with E-state index in [1.165, 1.54) is 38.5 Å². The fourth-order valence-electron chi connectivity index (χ4n) is 1.97. The summed E-state index contributed by atoms with van der Waals surface area (Å²) in [4.78, 5) is 33.2. The van der Waals surface area contributed by atoms with Crippen molar-refractivity contribution in [3.05, 3.63) is 70.4 Å². The molecular weight excluding hydrogens is 356 g/mol. The number of nitrogens with zero attached hydrogens (tertiary/aromatic N) is 1. The Balaban J connectivity index is 2.09. The minimum atomic E-state index is -0.730. The van der Waals surface area contributed by atoms with E-state index >= 15 is 0 Å². The van der Waals surface area contributed by atoms with Crippen molar-refractivity contribution in [1.29, 1.82) is 0 Å². The number of ether oxygens (including phenoxy) is 3. The van der Waals surface area contributed by atoms with E-state index in [0.717, 1.165) is 6.08 Å². The molecule has 0 heterocycles. The molecule has 0 unspecified atom stereocenters. The van der Waals surface area contributed by atoms with Gasteiger partial charge in [-0.2, -0.15) is 0 Å². The molecule has 0 saturated heterocycles. The van der Waals surface area contributed by atoms with Crippen LogP contribution in [-0.4, -0.2) is 31.1 Å². The Morgan fingerprint density at radius 1 is 0.963 bits per heavy atom. The van der Waals surface area contributed by atoms with Crippen molar-refractivity contribution >= 4 is 23.3 Å². The molecule has 0 atom stereocenters. The number of non-ortho nitro benzene ring substituents is 1. The number of hydrogen-bond acceptors (Lipinski definition) is 8. The number of carbonyl (C=O) groups is 2. The number of hydrogen-bond donors (Lipinski definition) is 1. The number of carbonyl (C=O) groups excluding carboxylic acids is 2. The molecule has 2 rings (SSSR count). The number of anilines is 1. The van der Waals surface area contributed by atoms with Gasteiger partial charge in [-0.3, -0.25) is 10.1 Å². The van der Waals surface area contributed by atoms with Gasteiger partial charge >= 0.3 is 11.9 Å². The third kappa shape index (κ3) is 5.56.